The highest BCUT2D eigenvalue weighted by molar-refractivity contribution is 9.10. The van der Waals surface area contributed by atoms with Gasteiger partial charge in [-0.2, -0.15) is 18.2 Å². The van der Waals surface area contributed by atoms with Crippen LogP contribution in [0.2, 0.25) is 5.28 Å². The van der Waals surface area contributed by atoms with Crippen molar-refractivity contribution in [1.29, 1.82) is 0 Å². The summed E-state index contributed by atoms with van der Waals surface area (Å²) in [5, 5.41) is 0.174. The number of anilines is 1. The first-order valence-electron chi connectivity index (χ1n) is 9.67. The molecule has 1 aromatic carbocycles. The number of halogens is 5. The van der Waals surface area contributed by atoms with E-state index in [9.17, 15) is 18.0 Å². The van der Waals surface area contributed by atoms with Gasteiger partial charge in [0.1, 0.15) is 11.4 Å². The fraction of sp³-hybridized carbons (Fsp3) is 0.550. The highest BCUT2D eigenvalue weighted by Gasteiger charge is 2.37. The number of benzene rings is 1. The van der Waals surface area contributed by atoms with E-state index < -0.39 is 23.4 Å². The van der Waals surface area contributed by atoms with E-state index in [-0.39, 0.29) is 27.2 Å². The lowest BCUT2D eigenvalue weighted by atomic mass is 10.1. The number of hydrogen-bond acceptors (Lipinski definition) is 5. The zero-order chi connectivity index (χ0) is 23.3. The van der Waals surface area contributed by atoms with Crippen LogP contribution in [0.1, 0.15) is 40.2 Å². The minimum atomic E-state index is -4.54. The van der Waals surface area contributed by atoms with Crippen molar-refractivity contribution < 1.29 is 22.7 Å². The van der Waals surface area contributed by atoms with Crippen LogP contribution >= 0.6 is 27.5 Å². The molecule has 0 aliphatic carbocycles. The largest absolute Gasteiger partial charge is 0.444 e. The Kier molecular flexibility index (Phi) is 6.36. The first-order valence-corrected chi connectivity index (χ1v) is 10.8. The van der Waals surface area contributed by atoms with E-state index in [1.165, 1.54) is 6.07 Å². The second-order valence-electron chi connectivity index (χ2n) is 8.65. The van der Waals surface area contributed by atoms with Gasteiger partial charge in [0.25, 0.3) is 0 Å². The summed E-state index contributed by atoms with van der Waals surface area (Å²) < 4.78 is 45.8. The van der Waals surface area contributed by atoms with Crippen molar-refractivity contribution in [1.82, 2.24) is 14.9 Å². The summed E-state index contributed by atoms with van der Waals surface area (Å²) in [5.74, 6) is 0.302. The first-order chi connectivity index (χ1) is 14.2. The Hall–Kier alpha value is -1.81. The molecule has 1 aromatic heterocycles. The molecule has 0 unspecified atom stereocenters. The molecule has 3 rings (SSSR count). The van der Waals surface area contributed by atoms with Gasteiger partial charge in [-0.1, -0.05) is 15.9 Å². The maximum absolute atomic E-state index is 13.5. The van der Waals surface area contributed by atoms with Gasteiger partial charge in [-0.3, -0.25) is 0 Å². The van der Waals surface area contributed by atoms with Gasteiger partial charge >= 0.3 is 12.3 Å². The average Bonchev–Trinajstić information content (AvgIpc) is 2.59. The summed E-state index contributed by atoms with van der Waals surface area (Å²) >= 11 is 9.06. The third kappa shape index (κ3) is 5.16. The molecule has 31 heavy (non-hydrogen) atoms. The third-order valence-corrected chi connectivity index (χ3v) is 5.75. The van der Waals surface area contributed by atoms with Crippen LogP contribution in [0.5, 0.6) is 0 Å². The molecule has 0 bridgehead atoms. The molecular weight excluding hydrogens is 501 g/mol. The molecule has 1 aliphatic rings. The molecule has 1 aliphatic heterocycles. The second kappa shape index (κ2) is 8.27. The van der Waals surface area contributed by atoms with Crippen molar-refractivity contribution in [2.75, 3.05) is 18.0 Å². The topological polar surface area (TPSA) is 58.6 Å². The Bertz CT molecular complexity index is 1010. The van der Waals surface area contributed by atoms with Gasteiger partial charge in [0.15, 0.2) is 0 Å². The number of carbonyl (C=O) groups is 1. The summed E-state index contributed by atoms with van der Waals surface area (Å²) in [4.78, 5) is 24.4. The minimum absolute atomic E-state index is 0.0661. The quantitative estimate of drug-likeness (QED) is 0.436. The number of fused-ring (bicyclic) bond motifs is 1. The number of carbonyl (C=O) groups excluding carboxylic acids is 1. The molecule has 2 atom stereocenters. The Balaban J connectivity index is 2.01. The summed E-state index contributed by atoms with van der Waals surface area (Å²) in [6.07, 6.45) is -4.97. The van der Waals surface area contributed by atoms with Gasteiger partial charge in [0.2, 0.25) is 5.28 Å². The van der Waals surface area contributed by atoms with E-state index in [0.717, 1.165) is 6.07 Å². The van der Waals surface area contributed by atoms with Crippen LogP contribution in [0.3, 0.4) is 0 Å². The fourth-order valence-electron chi connectivity index (χ4n) is 3.54. The summed E-state index contributed by atoms with van der Waals surface area (Å²) in [6, 6.07) is 1.83. The lowest BCUT2D eigenvalue weighted by molar-refractivity contribution is -0.138. The summed E-state index contributed by atoms with van der Waals surface area (Å²) in [5.41, 5.74) is -1.15. The lowest BCUT2D eigenvalue weighted by Gasteiger charge is -2.45. The van der Waals surface area contributed by atoms with Gasteiger partial charge in [-0.25, -0.2) is 9.78 Å². The summed E-state index contributed by atoms with van der Waals surface area (Å²) in [6.45, 7) is 9.77. The molecule has 0 N–H and O–H groups in total. The molecular formula is C20H23BrClF3N4O2. The molecule has 0 spiro atoms. The Labute approximate surface area is 191 Å². The second-order valence-corrected chi connectivity index (χ2v) is 9.84. The predicted octanol–water partition coefficient (Wildman–Crippen LogP) is 5.90. The van der Waals surface area contributed by atoms with E-state index in [0.29, 0.717) is 24.4 Å². The smallest absolute Gasteiger partial charge is 0.417 e. The highest BCUT2D eigenvalue weighted by Crippen LogP contribution is 2.39. The fourth-order valence-corrected chi connectivity index (χ4v) is 4.27. The van der Waals surface area contributed by atoms with E-state index in [2.05, 4.69) is 25.9 Å². The van der Waals surface area contributed by atoms with Crippen LogP contribution in [0.4, 0.5) is 23.8 Å². The maximum Gasteiger partial charge on any atom is 0.417 e. The standard InChI is InChI=1S/C20H23BrClF3N4O2/c1-10-9-29(18(30)31-19(3,4)5)11(2)8-28(10)16-12-6-13(20(23,24)25)14(21)7-15(12)26-17(22)27-16/h6-7,10-11H,8-9H2,1-5H3/t10-,11+/m0/s1. The zero-order valence-electron chi connectivity index (χ0n) is 17.7. The Morgan fingerprint density at radius 3 is 2.39 bits per heavy atom. The van der Waals surface area contributed by atoms with Gasteiger partial charge in [0, 0.05) is 35.0 Å². The number of nitrogens with zero attached hydrogens (tertiary/aromatic N) is 4. The summed E-state index contributed by atoms with van der Waals surface area (Å²) in [7, 11) is 0. The van der Waals surface area contributed by atoms with Crippen molar-refractivity contribution in [3.63, 3.8) is 0 Å². The number of piperazine rings is 1. The van der Waals surface area contributed by atoms with E-state index >= 15 is 0 Å². The van der Waals surface area contributed by atoms with E-state index in [1.54, 1.807) is 25.7 Å². The lowest BCUT2D eigenvalue weighted by Crippen LogP contribution is -2.59. The van der Waals surface area contributed by atoms with Crippen molar-refractivity contribution >= 4 is 50.3 Å². The monoisotopic (exact) mass is 522 g/mol. The minimum Gasteiger partial charge on any atom is -0.444 e. The van der Waals surface area contributed by atoms with Crippen LogP contribution in [-0.4, -0.2) is 51.7 Å². The Morgan fingerprint density at radius 2 is 1.81 bits per heavy atom. The zero-order valence-corrected chi connectivity index (χ0v) is 20.1. The molecule has 6 nitrogen and oxygen atoms in total. The highest BCUT2D eigenvalue weighted by atomic mass is 79.9. The van der Waals surface area contributed by atoms with E-state index in [4.69, 9.17) is 16.3 Å². The molecule has 1 saturated heterocycles. The van der Waals surface area contributed by atoms with Crippen molar-refractivity contribution in [2.24, 2.45) is 0 Å². The molecule has 0 radical (unpaired) electrons. The van der Waals surface area contributed by atoms with Gasteiger partial charge < -0.3 is 14.5 Å². The Morgan fingerprint density at radius 1 is 1.16 bits per heavy atom. The van der Waals surface area contributed by atoms with Crippen molar-refractivity contribution in [3.8, 4) is 0 Å². The maximum atomic E-state index is 13.5. The number of amides is 1. The average molecular weight is 524 g/mol. The SMILES string of the molecule is C[C@@H]1CN(c2nc(Cl)nc3cc(Br)c(C(F)(F)F)cc23)[C@@H](C)CN1C(=O)OC(C)(C)C. The first kappa shape index (κ1) is 23.8. The molecule has 170 valence electrons. The van der Waals surface area contributed by atoms with E-state index in [1.807, 2.05) is 18.7 Å². The van der Waals surface area contributed by atoms with Crippen LogP contribution < -0.4 is 4.90 Å². The van der Waals surface area contributed by atoms with Crippen LogP contribution in [0.25, 0.3) is 10.9 Å². The van der Waals surface area contributed by atoms with Crippen LogP contribution in [0.15, 0.2) is 16.6 Å². The molecule has 1 fully saturated rings. The third-order valence-electron chi connectivity index (χ3n) is 4.93. The number of alkyl halides is 3. The predicted molar refractivity (Wildman–Crippen MR) is 116 cm³/mol. The number of hydrogen-bond donors (Lipinski definition) is 0. The van der Waals surface area contributed by atoms with Crippen LogP contribution in [0, 0.1) is 0 Å². The molecule has 1 amide bonds. The normalized spacial score (nSPS) is 20.3. The van der Waals surface area contributed by atoms with Gasteiger partial charge in [-0.15, -0.1) is 0 Å². The number of rotatable bonds is 1. The van der Waals surface area contributed by atoms with Gasteiger partial charge in [0.05, 0.1) is 11.1 Å². The molecule has 2 aromatic rings. The number of ether oxygens (including phenoxy) is 1. The van der Waals surface area contributed by atoms with Crippen molar-refractivity contribution in [3.05, 3.63) is 27.5 Å². The molecule has 11 heteroatoms. The van der Waals surface area contributed by atoms with Crippen LogP contribution in [-0.2, 0) is 10.9 Å². The van der Waals surface area contributed by atoms with Crippen molar-refractivity contribution in [2.45, 2.75) is 58.5 Å². The number of aromatic nitrogens is 2. The molecule has 0 saturated carbocycles. The molecule has 2 heterocycles. The van der Waals surface area contributed by atoms with Gasteiger partial charge in [-0.05, 0) is 58.4 Å².